The number of aromatic nitrogens is 3. The fourth-order valence-electron chi connectivity index (χ4n) is 2.71. The van der Waals surface area contributed by atoms with E-state index in [2.05, 4.69) is 10.3 Å². The molecule has 0 bridgehead atoms. The van der Waals surface area contributed by atoms with E-state index in [9.17, 15) is 14.4 Å². The van der Waals surface area contributed by atoms with Gasteiger partial charge in [0.15, 0.2) is 0 Å². The van der Waals surface area contributed by atoms with Crippen molar-refractivity contribution in [2.75, 3.05) is 6.54 Å². The summed E-state index contributed by atoms with van der Waals surface area (Å²) in [4.78, 5) is 37.4. The average Bonchev–Trinajstić information content (AvgIpc) is 3.00. The van der Waals surface area contributed by atoms with Gasteiger partial charge in [-0.3, -0.25) is 14.4 Å². The standard InChI is InChI=1S/C14H15N5O3/c15-13(21)11-6-3-7-18(11)12(20)8-19-14(22)9-4-1-2-5-10(9)16-17-19/h1-2,4-5,11H,3,6-8H2,(H2,15,21)/t11-/m0/s1. The quantitative estimate of drug-likeness (QED) is 0.803. The van der Waals surface area contributed by atoms with E-state index in [4.69, 9.17) is 5.73 Å². The number of hydrogen-bond donors (Lipinski definition) is 1. The Morgan fingerprint density at radius 2 is 2.09 bits per heavy atom. The van der Waals surface area contributed by atoms with Crippen molar-refractivity contribution < 1.29 is 9.59 Å². The molecule has 0 aliphatic carbocycles. The summed E-state index contributed by atoms with van der Waals surface area (Å²) in [6.07, 6.45) is 1.27. The summed E-state index contributed by atoms with van der Waals surface area (Å²) in [6, 6.07) is 6.19. The highest BCUT2D eigenvalue weighted by molar-refractivity contribution is 5.87. The van der Waals surface area contributed by atoms with Gasteiger partial charge in [0.2, 0.25) is 11.8 Å². The summed E-state index contributed by atoms with van der Waals surface area (Å²) < 4.78 is 1.01. The number of nitrogens with zero attached hydrogens (tertiary/aromatic N) is 4. The van der Waals surface area contributed by atoms with Crippen LogP contribution in [0, 0.1) is 0 Å². The lowest BCUT2D eigenvalue weighted by molar-refractivity contribution is -0.138. The first-order chi connectivity index (χ1) is 10.6. The number of benzene rings is 1. The molecule has 2 heterocycles. The van der Waals surface area contributed by atoms with Crippen molar-refractivity contribution in [3.05, 3.63) is 34.6 Å². The van der Waals surface area contributed by atoms with Crippen molar-refractivity contribution in [2.24, 2.45) is 5.73 Å². The van der Waals surface area contributed by atoms with Gasteiger partial charge in [-0.25, -0.2) is 4.68 Å². The second-order valence-corrected chi connectivity index (χ2v) is 5.22. The molecule has 3 rings (SSSR count). The Hall–Kier alpha value is -2.77. The second kappa shape index (κ2) is 5.55. The fourth-order valence-corrected chi connectivity index (χ4v) is 2.71. The Morgan fingerprint density at radius 3 is 2.86 bits per heavy atom. The number of primary amides is 1. The van der Waals surface area contributed by atoms with Gasteiger partial charge in [0.05, 0.1) is 5.39 Å². The zero-order valence-corrected chi connectivity index (χ0v) is 11.8. The number of carbonyl (C=O) groups is 2. The van der Waals surface area contributed by atoms with Crippen LogP contribution in [-0.2, 0) is 16.1 Å². The zero-order chi connectivity index (χ0) is 15.7. The van der Waals surface area contributed by atoms with E-state index in [0.717, 1.165) is 11.1 Å². The third kappa shape index (κ3) is 2.43. The molecule has 1 aromatic carbocycles. The van der Waals surface area contributed by atoms with E-state index in [1.54, 1.807) is 24.3 Å². The van der Waals surface area contributed by atoms with Crippen molar-refractivity contribution in [1.29, 1.82) is 0 Å². The molecule has 22 heavy (non-hydrogen) atoms. The lowest BCUT2D eigenvalue weighted by Crippen LogP contribution is -2.46. The highest BCUT2D eigenvalue weighted by Crippen LogP contribution is 2.17. The van der Waals surface area contributed by atoms with Crippen LogP contribution in [0.2, 0.25) is 0 Å². The number of likely N-dealkylation sites (tertiary alicyclic amines) is 1. The molecule has 8 nitrogen and oxygen atoms in total. The molecule has 8 heteroatoms. The number of carbonyl (C=O) groups excluding carboxylic acids is 2. The second-order valence-electron chi connectivity index (χ2n) is 5.22. The van der Waals surface area contributed by atoms with Crippen LogP contribution in [0.4, 0.5) is 0 Å². The van der Waals surface area contributed by atoms with Crippen LogP contribution in [-0.4, -0.2) is 44.3 Å². The Bertz CT molecular complexity index is 800. The van der Waals surface area contributed by atoms with E-state index >= 15 is 0 Å². The van der Waals surface area contributed by atoms with E-state index in [1.165, 1.54) is 4.90 Å². The van der Waals surface area contributed by atoms with Crippen molar-refractivity contribution in [3.8, 4) is 0 Å². The minimum absolute atomic E-state index is 0.250. The van der Waals surface area contributed by atoms with Crippen LogP contribution in [0.1, 0.15) is 12.8 Å². The number of nitrogens with two attached hydrogens (primary N) is 1. The van der Waals surface area contributed by atoms with Crippen molar-refractivity contribution >= 4 is 22.7 Å². The summed E-state index contributed by atoms with van der Waals surface area (Å²) in [5, 5.41) is 8.11. The fraction of sp³-hybridized carbons (Fsp3) is 0.357. The van der Waals surface area contributed by atoms with Crippen LogP contribution in [0.15, 0.2) is 29.1 Å². The van der Waals surface area contributed by atoms with Gasteiger partial charge in [0, 0.05) is 6.54 Å². The first-order valence-corrected chi connectivity index (χ1v) is 6.99. The summed E-state index contributed by atoms with van der Waals surface area (Å²) in [5.41, 5.74) is 5.39. The Balaban J connectivity index is 1.87. The maximum Gasteiger partial charge on any atom is 0.278 e. The van der Waals surface area contributed by atoms with Gasteiger partial charge in [-0.15, -0.1) is 5.10 Å². The number of amides is 2. The highest BCUT2D eigenvalue weighted by Gasteiger charge is 2.32. The topological polar surface area (TPSA) is 111 Å². The smallest absolute Gasteiger partial charge is 0.278 e. The van der Waals surface area contributed by atoms with Gasteiger partial charge in [-0.05, 0) is 25.0 Å². The summed E-state index contributed by atoms with van der Waals surface area (Å²) in [6.45, 7) is 0.211. The van der Waals surface area contributed by atoms with Gasteiger partial charge in [-0.1, -0.05) is 17.3 Å². The maximum absolute atomic E-state index is 12.3. The minimum Gasteiger partial charge on any atom is -0.368 e. The number of fused-ring (bicyclic) bond motifs is 1. The SMILES string of the molecule is NC(=O)[C@@H]1CCCN1C(=O)Cn1nnc2ccccc2c1=O. The molecule has 1 aliphatic rings. The Labute approximate surface area is 125 Å². The third-order valence-electron chi connectivity index (χ3n) is 3.82. The van der Waals surface area contributed by atoms with Gasteiger partial charge in [0.25, 0.3) is 5.56 Å². The highest BCUT2D eigenvalue weighted by atomic mass is 16.2. The molecule has 1 saturated heterocycles. The first-order valence-electron chi connectivity index (χ1n) is 6.99. The van der Waals surface area contributed by atoms with Crippen LogP contribution in [0.25, 0.3) is 10.9 Å². The van der Waals surface area contributed by atoms with Crippen LogP contribution < -0.4 is 11.3 Å². The molecule has 1 atom stereocenters. The van der Waals surface area contributed by atoms with Crippen molar-refractivity contribution in [2.45, 2.75) is 25.4 Å². The summed E-state index contributed by atoms with van der Waals surface area (Å²) >= 11 is 0. The summed E-state index contributed by atoms with van der Waals surface area (Å²) in [5.74, 6) is -0.879. The number of hydrogen-bond acceptors (Lipinski definition) is 5. The van der Waals surface area contributed by atoms with Gasteiger partial charge in [0.1, 0.15) is 18.1 Å². The normalized spacial score (nSPS) is 17.8. The molecule has 2 aromatic rings. The Morgan fingerprint density at radius 1 is 1.32 bits per heavy atom. The number of rotatable bonds is 3. The largest absolute Gasteiger partial charge is 0.368 e. The molecule has 2 amide bonds. The predicted octanol–water partition coefficient (Wildman–Crippen LogP) is -0.732. The molecular formula is C14H15N5O3. The molecule has 1 aliphatic heterocycles. The lowest BCUT2D eigenvalue weighted by Gasteiger charge is -2.22. The predicted molar refractivity (Wildman–Crippen MR) is 77.7 cm³/mol. The molecule has 0 radical (unpaired) electrons. The molecular weight excluding hydrogens is 286 g/mol. The molecule has 0 unspecified atom stereocenters. The zero-order valence-electron chi connectivity index (χ0n) is 11.8. The van der Waals surface area contributed by atoms with Crippen LogP contribution in [0.3, 0.4) is 0 Å². The van der Waals surface area contributed by atoms with Crippen LogP contribution in [0.5, 0.6) is 0 Å². The van der Waals surface area contributed by atoms with Crippen molar-refractivity contribution in [1.82, 2.24) is 19.9 Å². The van der Waals surface area contributed by atoms with E-state index in [1.807, 2.05) is 0 Å². The van der Waals surface area contributed by atoms with Gasteiger partial charge < -0.3 is 10.6 Å². The van der Waals surface area contributed by atoms with Crippen molar-refractivity contribution in [3.63, 3.8) is 0 Å². The average molecular weight is 301 g/mol. The van der Waals surface area contributed by atoms with E-state index < -0.39 is 11.9 Å². The first kappa shape index (κ1) is 14.2. The maximum atomic E-state index is 12.3. The molecule has 114 valence electrons. The van der Waals surface area contributed by atoms with E-state index in [0.29, 0.717) is 23.9 Å². The molecule has 2 N–H and O–H groups in total. The third-order valence-corrected chi connectivity index (χ3v) is 3.82. The molecule has 0 spiro atoms. The monoisotopic (exact) mass is 301 g/mol. The molecule has 1 fully saturated rings. The lowest BCUT2D eigenvalue weighted by atomic mass is 10.2. The van der Waals surface area contributed by atoms with Crippen LogP contribution >= 0.6 is 0 Å². The summed E-state index contributed by atoms with van der Waals surface area (Å²) in [7, 11) is 0. The van der Waals surface area contributed by atoms with Gasteiger partial charge >= 0.3 is 0 Å². The minimum atomic E-state index is -0.600. The molecule has 0 saturated carbocycles. The van der Waals surface area contributed by atoms with Gasteiger partial charge in [-0.2, -0.15) is 0 Å². The van der Waals surface area contributed by atoms with E-state index in [-0.39, 0.29) is 18.0 Å². The Kier molecular flexibility index (Phi) is 3.58. The molecule has 1 aromatic heterocycles.